The van der Waals surface area contributed by atoms with Crippen molar-refractivity contribution >= 4 is 27.9 Å². The molecule has 6 nitrogen and oxygen atoms in total. The number of esters is 1. The molecule has 0 aliphatic carbocycles. The molecule has 0 amide bonds. The fraction of sp³-hybridized carbons (Fsp3) is 0.462. The highest BCUT2D eigenvalue weighted by Gasteiger charge is 2.26. The van der Waals surface area contributed by atoms with Gasteiger partial charge in [0.15, 0.2) is 0 Å². The Hall–Kier alpha value is -3.02. The molecule has 1 saturated heterocycles. The van der Waals surface area contributed by atoms with E-state index in [-0.39, 0.29) is 17.7 Å². The standard InChI is InChI=1S/C26H30O6/c1-18-16-19(31-26(18)28)10-8-6-4-2-3-5-7-9-14-30-25-20-11-12-24(27)32-23(20)17-22-21(25)13-15-29-22/h11-13,15,17,19H,1-10,14,16H2/t19-/m1/s1. The van der Waals surface area contributed by atoms with Gasteiger partial charge in [0.1, 0.15) is 23.0 Å². The van der Waals surface area contributed by atoms with Crippen LogP contribution in [0.3, 0.4) is 0 Å². The topological polar surface area (TPSA) is 78.9 Å². The van der Waals surface area contributed by atoms with Crippen LogP contribution in [0.1, 0.15) is 64.2 Å². The molecule has 0 unspecified atom stereocenters. The zero-order chi connectivity index (χ0) is 22.3. The van der Waals surface area contributed by atoms with Crippen molar-refractivity contribution in [3.05, 3.63) is 53.1 Å². The molecule has 170 valence electrons. The van der Waals surface area contributed by atoms with Crippen molar-refractivity contribution in [3.8, 4) is 5.75 Å². The number of carbonyl (C=O) groups is 1. The van der Waals surface area contributed by atoms with Gasteiger partial charge in [0.2, 0.25) is 0 Å². The molecule has 0 N–H and O–H groups in total. The molecule has 1 aromatic carbocycles. The quantitative estimate of drug-likeness (QED) is 0.143. The average Bonchev–Trinajstić information content (AvgIpc) is 3.36. The average molecular weight is 439 g/mol. The second-order valence-electron chi connectivity index (χ2n) is 8.50. The fourth-order valence-corrected chi connectivity index (χ4v) is 4.27. The van der Waals surface area contributed by atoms with Crippen molar-refractivity contribution < 1.29 is 23.1 Å². The maximum atomic E-state index is 11.5. The van der Waals surface area contributed by atoms with Gasteiger partial charge in [0.05, 0.1) is 23.6 Å². The molecule has 1 aliphatic rings. The zero-order valence-electron chi connectivity index (χ0n) is 18.4. The first-order valence-corrected chi connectivity index (χ1v) is 11.6. The van der Waals surface area contributed by atoms with Crippen LogP contribution in [0.5, 0.6) is 5.75 Å². The van der Waals surface area contributed by atoms with Gasteiger partial charge in [-0.05, 0) is 31.4 Å². The van der Waals surface area contributed by atoms with E-state index in [1.54, 1.807) is 18.4 Å². The monoisotopic (exact) mass is 438 g/mol. The predicted molar refractivity (Wildman–Crippen MR) is 123 cm³/mol. The maximum Gasteiger partial charge on any atom is 0.336 e. The summed E-state index contributed by atoms with van der Waals surface area (Å²) < 4.78 is 22.1. The molecule has 3 heterocycles. The Kier molecular flexibility index (Phi) is 7.30. The minimum absolute atomic E-state index is 0.0519. The molecule has 1 aliphatic heterocycles. The second-order valence-corrected chi connectivity index (χ2v) is 8.50. The van der Waals surface area contributed by atoms with Crippen molar-refractivity contribution in [3.63, 3.8) is 0 Å². The Bertz CT molecular complexity index is 1120. The highest BCUT2D eigenvalue weighted by molar-refractivity contribution is 6.01. The largest absolute Gasteiger partial charge is 0.492 e. The molecule has 2 aromatic heterocycles. The van der Waals surface area contributed by atoms with Crippen molar-refractivity contribution in [2.75, 3.05) is 6.61 Å². The highest BCUT2D eigenvalue weighted by Crippen LogP contribution is 2.35. The summed E-state index contributed by atoms with van der Waals surface area (Å²) in [6, 6.07) is 6.77. The first-order valence-electron chi connectivity index (χ1n) is 11.6. The summed E-state index contributed by atoms with van der Waals surface area (Å²) in [5, 5.41) is 1.68. The van der Waals surface area contributed by atoms with Crippen LogP contribution in [0.25, 0.3) is 21.9 Å². The Morgan fingerprint density at radius 1 is 0.906 bits per heavy atom. The minimum atomic E-state index is -0.387. The molecular formula is C26H30O6. The van der Waals surface area contributed by atoms with Crippen LogP contribution in [0, 0.1) is 0 Å². The molecule has 0 saturated carbocycles. The summed E-state index contributed by atoms with van der Waals surface area (Å²) in [6.07, 6.45) is 12.6. The van der Waals surface area contributed by atoms with Gasteiger partial charge in [0, 0.05) is 24.1 Å². The van der Waals surface area contributed by atoms with Crippen LogP contribution < -0.4 is 10.4 Å². The van der Waals surface area contributed by atoms with Gasteiger partial charge in [-0.2, -0.15) is 0 Å². The summed E-state index contributed by atoms with van der Waals surface area (Å²) in [4.78, 5) is 22.8. The third kappa shape index (κ3) is 5.42. The van der Waals surface area contributed by atoms with Gasteiger partial charge in [-0.25, -0.2) is 9.59 Å². The molecule has 0 radical (unpaired) electrons. The Balaban J connectivity index is 1.11. The van der Waals surface area contributed by atoms with Crippen LogP contribution in [0.2, 0.25) is 0 Å². The lowest BCUT2D eigenvalue weighted by Gasteiger charge is -2.10. The zero-order valence-corrected chi connectivity index (χ0v) is 18.4. The molecule has 0 spiro atoms. The summed E-state index contributed by atoms with van der Waals surface area (Å²) in [5.41, 5.74) is 1.35. The molecular weight excluding hydrogens is 408 g/mol. The number of ether oxygens (including phenoxy) is 2. The van der Waals surface area contributed by atoms with Crippen LogP contribution in [-0.4, -0.2) is 18.7 Å². The second kappa shape index (κ2) is 10.5. The fourth-order valence-electron chi connectivity index (χ4n) is 4.27. The van der Waals surface area contributed by atoms with Crippen molar-refractivity contribution in [1.29, 1.82) is 0 Å². The van der Waals surface area contributed by atoms with Crippen LogP contribution >= 0.6 is 0 Å². The third-order valence-electron chi connectivity index (χ3n) is 6.01. The molecule has 32 heavy (non-hydrogen) atoms. The van der Waals surface area contributed by atoms with Crippen LogP contribution in [-0.2, 0) is 9.53 Å². The lowest BCUT2D eigenvalue weighted by Crippen LogP contribution is -2.06. The number of hydrogen-bond acceptors (Lipinski definition) is 6. The number of carbonyl (C=O) groups excluding carboxylic acids is 1. The molecule has 1 atom stereocenters. The van der Waals surface area contributed by atoms with Gasteiger partial charge in [-0.15, -0.1) is 0 Å². The SMILES string of the molecule is C=C1C[C@@H](CCCCCCCCCCOc2c3ccoc3cc3oc(=O)ccc23)OC1=O. The Labute approximate surface area is 187 Å². The van der Waals surface area contributed by atoms with Gasteiger partial charge in [-0.3, -0.25) is 0 Å². The minimum Gasteiger partial charge on any atom is -0.492 e. The lowest BCUT2D eigenvalue weighted by molar-refractivity contribution is -0.139. The Morgan fingerprint density at radius 3 is 2.38 bits per heavy atom. The molecule has 1 fully saturated rings. The summed E-state index contributed by atoms with van der Waals surface area (Å²) >= 11 is 0. The van der Waals surface area contributed by atoms with Gasteiger partial charge < -0.3 is 18.3 Å². The van der Waals surface area contributed by atoms with E-state index in [0.717, 1.165) is 36.5 Å². The van der Waals surface area contributed by atoms with Crippen molar-refractivity contribution in [2.24, 2.45) is 0 Å². The van der Waals surface area contributed by atoms with Gasteiger partial charge in [0.25, 0.3) is 0 Å². The number of unbranched alkanes of at least 4 members (excludes halogenated alkanes) is 7. The number of fused-ring (bicyclic) bond motifs is 2. The van der Waals surface area contributed by atoms with E-state index in [1.165, 1.54) is 38.2 Å². The van der Waals surface area contributed by atoms with E-state index >= 15 is 0 Å². The van der Waals surface area contributed by atoms with Gasteiger partial charge >= 0.3 is 11.6 Å². The third-order valence-corrected chi connectivity index (χ3v) is 6.01. The van der Waals surface area contributed by atoms with E-state index < -0.39 is 0 Å². The van der Waals surface area contributed by atoms with Gasteiger partial charge in [-0.1, -0.05) is 45.1 Å². The normalized spacial score (nSPS) is 16.2. The van der Waals surface area contributed by atoms with Crippen molar-refractivity contribution in [2.45, 2.75) is 70.3 Å². The summed E-state index contributed by atoms with van der Waals surface area (Å²) in [7, 11) is 0. The van der Waals surface area contributed by atoms with E-state index in [2.05, 4.69) is 6.58 Å². The number of hydrogen-bond donors (Lipinski definition) is 0. The predicted octanol–water partition coefficient (Wildman–Crippen LogP) is 6.30. The number of rotatable bonds is 12. The smallest absolute Gasteiger partial charge is 0.336 e. The molecule has 4 rings (SSSR count). The first kappa shape index (κ1) is 22.2. The van der Waals surface area contributed by atoms with E-state index in [0.29, 0.717) is 35.5 Å². The number of furan rings is 1. The molecule has 6 heteroatoms. The maximum absolute atomic E-state index is 11.5. The first-order chi connectivity index (χ1) is 15.6. The van der Waals surface area contributed by atoms with Crippen LogP contribution in [0.4, 0.5) is 0 Å². The number of cyclic esters (lactones) is 1. The molecule has 3 aromatic rings. The summed E-state index contributed by atoms with van der Waals surface area (Å²) in [6.45, 7) is 4.34. The van der Waals surface area contributed by atoms with Crippen molar-refractivity contribution in [1.82, 2.24) is 0 Å². The van der Waals surface area contributed by atoms with E-state index in [9.17, 15) is 9.59 Å². The molecule has 0 bridgehead atoms. The highest BCUT2D eigenvalue weighted by atomic mass is 16.5. The number of benzene rings is 1. The summed E-state index contributed by atoms with van der Waals surface area (Å²) in [5.74, 6) is 0.492. The van der Waals surface area contributed by atoms with E-state index in [1.807, 2.05) is 6.07 Å². The van der Waals surface area contributed by atoms with Crippen LogP contribution in [0.15, 0.2) is 56.3 Å². The Morgan fingerprint density at radius 2 is 1.62 bits per heavy atom. The lowest BCUT2D eigenvalue weighted by atomic mass is 10.0. The van der Waals surface area contributed by atoms with E-state index in [4.69, 9.17) is 18.3 Å².